The molecule has 0 saturated carbocycles. The minimum absolute atomic E-state index is 0.313. The normalized spacial score (nSPS) is 10.7. The first-order valence-electron chi connectivity index (χ1n) is 4.11. The monoisotopic (exact) mass is 165 g/mol. The molecule has 1 rings (SSSR count). The lowest BCUT2D eigenvalue weighted by Gasteiger charge is -2.10. The van der Waals surface area contributed by atoms with Crippen molar-refractivity contribution >= 4 is 5.69 Å². The molecule has 2 heteroatoms. The van der Waals surface area contributed by atoms with Gasteiger partial charge in [-0.15, -0.1) is 0 Å². The molecule has 0 aliphatic carbocycles. The smallest absolute Gasteiger partial charge is 0.119 e. The van der Waals surface area contributed by atoms with Gasteiger partial charge in [-0.3, -0.25) is 0 Å². The Morgan fingerprint density at radius 3 is 2.42 bits per heavy atom. The van der Waals surface area contributed by atoms with Crippen LogP contribution >= 0.6 is 0 Å². The number of benzene rings is 1. The van der Waals surface area contributed by atoms with Gasteiger partial charge in [0.05, 0.1) is 0 Å². The fourth-order valence-corrected chi connectivity index (χ4v) is 1.19. The average Bonchev–Trinajstić information content (AvgIpc) is 1.96. The summed E-state index contributed by atoms with van der Waals surface area (Å²) in [5.74, 6) is 0.657. The van der Waals surface area contributed by atoms with E-state index in [0.717, 1.165) is 16.8 Å². The lowest BCUT2D eigenvalue weighted by molar-refractivity contribution is 0.464. The Labute approximate surface area is 73.0 Å². The number of aromatic hydroxyl groups is 1. The van der Waals surface area contributed by atoms with E-state index in [1.54, 1.807) is 6.07 Å². The van der Waals surface area contributed by atoms with E-state index in [0.29, 0.717) is 11.7 Å². The van der Waals surface area contributed by atoms with Crippen LogP contribution in [0.4, 0.5) is 5.69 Å². The average molecular weight is 165 g/mol. The van der Waals surface area contributed by atoms with Crippen LogP contribution in [0.2, 0.25) is 0 Å². The van der Waals surface area contributed by atoms with Crippen LogP contribution in [-0.2, 0) is 0 Å². The van der Waals surface area contributed by atoms with Crippen molar-refractivity contribution in [2.24, 2.45) is 0 Å². The van der Waals surface area contributed by atoms with Crippen LogP contribution in [0, 0.1) is 6.92 Å². The zero-order valence-corrected chi connectivity index (χ0v) is 7.76. The van der Waals surface area contributed by atoms with E-state index in [4.69, 9.17) is 5.73 Å². The third-order valence-corrected chi connectivity index (χ3v) is 2.04. The Bertz CT molecular complexity index is 292. The highest BCUT2D eigenvalue weighted by molar-refractivity contribution is 5.54. The van der Waals surface area contributed by atoms with Gasteiger partial charge in [0.15, 0.2) is 0 Å². The van der Waals surface area contributed by atoms with Crippen molar-refractivity contribution in [2.45, 2.75) is 26.7 Å². The van der Waals surface area contributed by atoms with Gasteiger partial charge in [0.25, 0.3) is 0 Å². The van der Waals surface area contributed by atoms with E-state index in [9.17, 15) is 5.11 Å². The maximum atomic E-state index is 9.53. The first-order valence-corrected chi connectivity index (χ1v) is 4.11. The van der Waals surface area contributed by atoms with Crippen molar-refractivity contribution in [2.75, 3.05) is 5.73 Å². The fraction of sp³-hybridized carbons (Fsp3) is 0.400. The molecule has 3 N–H and O–H groups in total. The summed E-state index contributed by atoms with van der Waals surface area (Å²) in [6.07, 6.45) is 0. The number of aryl methyl sites for hydroxylation is 1. The van der Waals surface area contributed by atoms with E-state index < -0.39 is 0 Å². The highest BCUT2D eigenvalue weighted by Gasteiger charge is 2.07. The number of nitrogens with two attached hydrogens (primary N) is 1. The van der Waals surface area contributed by atoms with Crippen molar-refractivity contribution in [1.29, 1.82) is 0 Å². The first kappa shape index (κ1) is 8.91. The molecule has 1 aromatic rings. The highest BCUT2D eigenvalue weighted by atomic mass is 16.3. The van der Waals surface area contributed by atoms with Crippen LogP contribution in [0.5, 0.6) is 5.75 Å². The maximum Gasteiger partial charge on any atom is 0.119 e. The molecule has 0 radical (unpaired) electrons. The molecule has 0 atom stereocenters. The summed E-state index contributed by atoms with van der Waals surface area (Å²) in [5, 5.41) is 9.53. The molecular weight excluding hydrogens is 150 g/mol. The second kappa shape index (κ2) is 3.05. The van der Waals surface area contributed by atoms with Gasteiger partial charge in [0.1, 0.15) is 5.75 Å². The summed E-state index contributed by atoms with van der Waals surface area (Å²) in [6, 6.07) is 3.56. The molecule has 0 heterocycles. The molecule has 0 aromatic heterocycles. The van der Waals surface area contributed by atoms with Crippen molar-refractivity contribution in [3.8, 4) is 5.75 Å². The largest absolute Gasteiger partial charge is 0.508 e. The summed E-state index contributed by atoms with van der Waals surface area (Å²) in [5.41, 5.74) is 8.31. The minimum atomic E-state index is 0.313. The standard InChI is InChI=1S/C10H15NO/c1-6(2)8-5-9(11)7(3)4-10(8)12/h4-6,12H,11H2,1-3H3. The van der Waals surface area contributed by atoms with Gasteiger partial charge in [0, 0.05) is 5.69 Å². The van der Waals surface area contributed by atoms with E-state index in [1.807, 2.05) is 26.8 Å². The predicted molar refractivity (Wildman–Crippen MR) is 51.3 cm³/mol. The molecule has 0 amide bonds. The topological polar surface area (TPSA) is 46.2 Å². The number of rotatable bonds is 1. The van der Waals surface area contributed by atoms with Gasteiger partial charge in [-0.2, -0.15) is 0 Å². The van der Waals surface area contributed by atoms with Gasteiger partial charge in [-0.1, -0.05) is 13.8 Å². The minimum Gasteiger partial charge on any atom is -0.508 e. The number of hydrogen-bond donors (Lipinski definition) is 2. The molecule has 12 heavy (non-hydrogen) atoms. The summed E-state index contributed by atoms with van der Waals surface area (Å²) in [6.45, 7) is 5.95. The SMILES string of the molecule is Cc1cc(O)c(C(C)C)cc1N. The Balaban J connectivity index is 3.23. The third kappa shape index (κ3) is 1.52. The van der Waals surface area contributed by atoms with Gasteiger partial charge in [0.2, 0.25) is 0 Å². The number of anilines is 1. The Kier molecular flexibility index (Phi) is 2.27. The molecule has 66 valence electrons. The second-order valence-electron chi connectivity index (χ2n) is 3.42. The highest BCUT2D eigenvalue weighted by Crippen LogP contribution is 2.29. The van der Waals surface area contributed by atoms with Crippen molar-refractivity contribution < 1.29 is 5.11 Å². The fourth-order valence-electron chi connectivity index (χ4n) is 1.19. The molecule has 0 fully saturated rings. The van der Waals surface area contributed by atoms with Crippen molar-refractivity contribution in [3.63, 3.8) is 0 Å². The Hall–Kier alpha value is -1.18. The van der Waals surface area contributed by atoms with Gasteiger partial charge >= 0.3 is 0 Å². The molecule has 0 saturated heterocycles. The summed E-state index contributed by atoms with van der Waals surface area (Å²) in [7, 11) is 0. The Morgan fingerprint density at radius 1 is 1.33 bits per heavy atom. The number of nitrogen functional groups attached to an aromatic ring is 1. The lowest BCUT2D eigenvalue weighted by atomic mass is 9.99. The van der Waals surface area contributed by atoms with Gasteiger partial charge in [-0.25, -0.2) is 0 Å². The second-order valence-corrected chi connectivity index (χ2v) is 3.42. The molecule has 1 aromatic carbocycles. The third-order valence-electron chi connectivity index (χ3n) is 2.04. The van der Waals surface area contributed by atoms with Crippen LogP contribution in [0.25, 0.3) is 0 Å². The van der Waals surface area contributed by atoms with E-state index >= 15 is 0 Å². The number of phenolic OH excluding ortho intramolecular Hbond substituents is 1. The predicted octanol–water partition coefficient (Wildman–Crippen LogP) is 2.41. The van der Waals surface area contributed by atoms with Gasteiger partial charge in [-0.05, 0) is 36.1 Å². The number of phenols is 1. The number of hydrogen-bond acceptors (Lipinski definition) is 2. The molecule has 0 aliphatic heterocycles. The van der Waals surface area contributed by atoms with Crippen molar-refractivity contribution in [3.05, 3.63) is 23.3 Å². The first-order chi connectivity index (χ1) is 5.52. The molecule has 0 aliphatic rings. The lowest BCUT2D eigenvalue weighted by Crippen LogP contribution is -1.94. The van der Waals surface area contributed by atoms with E-state index in [-0.39, 0.29) is 0 Å². The van der Waals surface area contributed by atoms with Crippen LogP contribution in [0.15, 0.2) is 12.1 Å². The Morgan fingerprint density at radius 2 is 1.92 bits per heavy atom. The van der Waals surface area contributed by atoms with Gasteiger partial charge < -0.3 is 10.8 Å². The maximum absolute atomic E-state index is 9.53. The molecule has 0 spiro atoms. The van der Waals surface area contributed by atoms with Crippen molar-refractivity contribution in [1.82, 2.24) is 0 Å². The molecular formula is C10H15NO. The zero-order chi connectivity index (χ0) is 9.30. The summed E-state index contributed by atoms with van der Waals surface area (Å²) < 4.78 is 0. The van der Waals surface area contributed by atoms with E-state index in [2.05, 4.69) is 0 Å². The van der Waals surface area contributed by atoms with Crippen LogP contribution < -0.4 is 5.73 Å². The zero-order valence-electron chi connectivity index (χ0n) is 7.76. The quantitative estimate of drug-likeness (QED) is 0.496. The molecule has 0 unspecified atom stereocenters. The molecule has 0 bridgehead atoms. The summed E-state index contributed by atoms with van der Waals surface area (Å²) in [4.78, 5) is 0. The van der Waals surface area contributed by atoms with Crippen LogP contribution in [0.1, 0.15) is 30.9 Å². The van der Waals surface area contributed by atoms with Crippen LogP contribution in [0.3, 0.4) is 0 Å². The molecule has 2 nitrogen and oxygen atoms in total. The van der Waals surface area contributed by atoms with Crippen LogP contribution in [-0.4, -0.2) is 5.11 Å². The summed E-state index contributed by atoms with van der Waals surface area (Å²) >= 11 is 0. The van der Waals surface area contributed by atoms with E-state index in [1.165, 1.54) is 0 Å².